The first-order valence-corrected chi connectivity index (χ1v) is 7.67. The van der Waals surface area contributed by atoms with Crippen molar-refractivity contribution in [2.24, 2.45) is 0 Å². The van der Waals surface area contributed by atoms with E-state index in [-0.39, 0.29) is 0 Å². The van der Waals surface area contributed by atoms with Crippen LogP contribution < -0.4 is 15.5 Å². The SMILES string of the molecule is COCCCNC(=S)Nc1ccc(N2CCOCC2)cc1. The molecule has 0 aromatic heterocycles. The molecule has 6 heteroatoms. The molecule has 2 rings (SSSR count). The third-order valence-electron chi connectivity index (χ3n) is 3.31. The smallest absolute Gasteiger partial charge is 0.170 e. The lowest BCUT2D eigenvalue weighted by atomic mass is 10.2. The Bertz CT molecular complexity index is 433. The Kier molecular flexibility index (Phi) is 6.72. The number of methoxy groups -OCH3 is 1. The molecule has 0 saturated carbocycles. The fourth-order valence-corrected chi connectivity index (χ4v) is 2.39. The topological polar surface area (TPSA) is 45.8 Å². The molecule has 0 unspecified atom stereocenters. The average Bonchev–Trinajstić information content (AvgIpc) is 2.53. The van der Waals surface area contributed by atoms with Crippen molar-refractivity contribution >= 4 is 28.7 Å². The lowest BCUT2D eigenvalue weighted by Crippen LogP contribution is -2.36. The predicted molar refractivity (Wildman–Crippen MR) is 90.2 cm³/mol. The van der Waals surface area contributed by atoms with Gasteiger partial charge in [-0.1, -0.05) is 0 Å². The summed E-state index contributed by atoms with van der Waals surface area (Å²) in [6.07, 6.45) is 0.939. The summed E-state index contributed by atoms with van der Waals surface area (Å²) in [4.78, 5) is 2.33. The monoisotopic (exact) mass is 309 g/mol. The van der Waals surface area contributed by atoms with Crippen molar-refractivity contribution in [3.63, 3.8) is 0 Å². The molecule has 0 aliphatic carbocycles. The van der Waals surface area contributed by atoms with E-state index < -0.39 is 0 Å². The number of rotatable bonds is 6. The summed E-state index contributed by atoms with van der Waals surface area (Å²) in [5, 5.41) is 6.99. The van der Waals surface area contributed by atoms with Gasteiger partial charge in [-0.05, 0) is 42.9 Å². The number of hydrogen-bond acceptors (Lipinski definition) is 4. The Labute approximate surface area is 131 Å². The minimum absolute atomic E-state index is 0.644. The fraction of sp³-hybridized carbons (Fsp3) is 0.533. The van der Waals surface area contributed by atoms with Gasteiger partial charge in [0.2, 0.25) is 0 Å². The van der Waals surface area contributed by atoms with Gasteiger partial charge in [0.15, 0.2) is 5.11 Å². The third kappa shape index (κ3) is 5.49. The maximum absolute atomic E-state index is 5.36. The van der Waals surface area contributed by atoms with Gasteiger partial charge in [0.05, 0.1) is 13.2 Å². The number of benzene rings is 1. The molecule has 5 nitrogen and oxygen atoms in total. The van der Waals surface area contributed by atoms with Gasteiger partial charge in [-0.2, -0.15) is 0 Å². The molecule has 0 radical (unpaired) electrons. The second-order valence-electron chi connectivity index (χ2n) is 4.87. The normalized spacial score (nSPS) is 14.8. The van der Waals surface area contributed by atoms with Crippen LogP contribution in [0.4, 0.5) is 11.4 Å². The highest BCUT2D eigenvalue weighted by atomic mass is 32.1. The molecule has 0 spiro atoms. The number of hydrogen-bond donors (Lipinski definition) is 2. The first-order valence-electron chi connectivity index (χ1n) is 7.26. The van der Waals surface area contributed by atoms with Gasteiger partial charge in [-0.3, -0.25) is 0 Å². The van der Waals surface area contributed by atoms with Gasteiger partial charge in [0, 0.05) is 44.7 Å². The third-order valence-corrected chi connectivity index (χ3v) is 3.56. The zero-order chi connectivity index (χ0) is 14.9. The highest BCUT2D eigenvalue weighted by Gasteiger charge is 2.10. The molecular formula is C15H23N3O2S. The average molecular weight is 309 g/mol. The molecule has 21 heavy (non-hydrogen) atoms. The van der Waals surface area contributed by atoms with E-state index in [2.05, 4.69) is 27.7 Å². The Balaban J connectivity index is 1.77. The molecule has 1 aliphatic rings. The molecular weight excluding hydrogens is 286 g/mol. The summed E-state index contributed by atoms with van der Waals surface area (Å²) in [6, 6.07) is 8.32. The van der Waals surface area contributed by atoms with Crippen molar-refractivity contribution in [3.05, 3.63) is 24.3 Å². The van der Waals surface area contributed by atoms with Crippen LogP contribution in [0.2, 0.25) is 0 Å². The number of anilines is 2. The van der Waals surface area contributed by atoms with E-state index in [9.17, 15) is 0 Å². The molecule has 1 aromatic carbocycles. The van der Waals surface area contributed by atoms with Crippen LogP contribution in [-0.2, 0) is 9.47 Å². The van der Waals surface area contributed by atoms with Crippen LogP contribution in [-0.4, -0.2) is 51.7 Å². The van der Waals surface area contributed by atoms with Crippen molar-refractivity contribution in [2.45, 2.75) is 6.42 Å². The highest BCUT2D eigenvalue weighted by Crippen LogP contribution is 2.18. The van der Waals surface area contributed by atoms with Crippen molar-refractivity contribution in [3.8, 4) is 0 Å². The maximum atomic E-state index is 5.36. The van der Waals surface area contributed by atoms with E-state index in [1.54, 1.807) is 7.11 Å². The summed E-state index contributed by atoms with van der Waals surface area (Å²) >= 11 is 5.25. The van der Waals surface area contributed by atoms with E-state index in [4.69, 9.17) is 21.7 Å². The number of nitrogens with zero attached hydrogens (tertiary/aromatic N) is 1. The van der Waals surface area contributed by atoms with Crippen LogP contribution in [0.1, 0.15) is 6.42 Å². The van der Waals surface area contributed by atoms with Gasteiger partial charge in [0.25, 0.3) is 0 Å². The maximum Gasteiger partial charge on any atom is 0.170 e. The molecule has 1 saturated heterocycles. The largest absolute Gasteiger partial charge is 0.385 e. The summed E-state index contributed by atoms with van der Waals surface area (Å²) in [5.74, 6) is 0. The summed E-state index contributed by atoms with van der Waals surface area (Å²) in [7, 11) is 1.70. The fourth-order valence-electron chi connectivity index (χ4n) is 2.17. The van der Waals surface area contributed by atoms with Crippen LogP contribution in [0.15, 0.2) is 24.3 Å². The zero-order valence-electron chi connectivity index (χ0n) is 12.4. The lowest BCUT2D eigenvalue weighted by molar-refractivity contribution is 0.122. The summed E-state index contributed by atoms with van der Waals surface area (Å²) in [5.41, 5.74) is 2.22. The highest BCUT2D eigenvalue weighted by molar-refractivity contribution is 7.80. The van der Waals surface area contributed by atoms with Gasteiger partial charge in [-0.15, -0.1) is 0 Å². The van der Waals surface area contributed by atoms with Crippen LogP contribution in [0.25, 0.3) is 0 Å². The Morgan fingerprint density at radius 1 is 1.29 bits per heavy atom. The van der Waals surface area contributed by atoms with Crippen molar-refractivity contribution < 1.29 is 9.47 Å². The van der Waals surface area contributed by atoms with Crippen molar-refractivity contribution in [1.29, 1.82) is 0 Å². The summed E-state index contributed by atoms with van der Waals surface area (Å²) < 4.78 is 10.4. The number of nitrogens with one attached hydrogen (secondary N) is 2. The number of ether oxygens (including phenoxy) is 2. The number of morpholine rings is 1. The van der Waals surface area contributed by atoms with Crippen molar-refractivity contribution in [1.82, 2.24) is 5.32 Å². The van der Waals surface area contributed by atoms with E-state index in [0.29, 0.717) is 5.11 Å². The Morgan fingerprint density at radius 3 is 2.67 bits per heavy atom. The molecule has 116 valence electrons. The van der Waals surface area contributed by atoms with Gasteiger partial charge < -0.3 is 25.0 Å². The van der Waals surface area contributed by atoms with E-state index >= 15 is 0 Å². The Hall–Kier alpha value is -1.37. The van der Waals surface area contributed by atoms with Crippen LogP contribution in [0, 0.1) is 0 Å². The van der Waals surface area contributed by atoms with E-state index in [1.807, 2.05) is 12.1 Å². The molecule has 1 aliphatic heterocycles. The molecule has 1 heterocycles. The predicted octanol–water partition coefficient (Wildman–Crippen LogP) is 1.85. The second kappa shape index (κ2) is 8.81. The van der Waals surface area contributed by atoms with Crippen molar-refractivity contribution in [2.75, 3.05) is 56.8 Å². The van der Waals surface area contributed by atoms with Crippen LogP contribution in [0.5, 0.6) is 0 Å². The molecule has 1 aromatic rings. The van der Waals surface area contributed by atoms with Gasteiger partial charge in [0.1, 0.15) is 0 Å². The molecule has 0 amide bonds. The van der Waals surface area contributed by atoms with Gasteiger partial charge in [-0.25, -0.2) is 0 Å². The first kappa shape index (κ1) is 16.0. The Morgan fingerprint density at radius 2 is 2.00 bits per heavy atom. The minimum Gasteiger partial charge on any atom is -0.385 e. The van der Waals surface area contributed by atoms with Crippen LogP contribution in [0.3, 0.4) is 0 Å². The lowest BCUT2D eigenvalue weighted by Gasteiger charge is -2.29. The molecule has 0 atom stereocenters. The standard InChI is InChI=1S/C15H23N3O2S/c1-19-10-2-7-16-15(21)17-13-3-5-14(6-4-13)18-8-11-20-12-9-18/h3-6H,2,7-12H2,1H3,(H2,16,17,21). The quantitative estimate of drug-likeness (QED) is 0.618. The first-order chi connectivity index (χ1) is 10.3. The van der Waals surface area contributed by atoms with E-state index in [1.165, 1.54) is 5.69 Å². The van der Waals surface area contributed by atoms with Crippen LogP contribution >= 0.6 is 12.2 Å². The molecule has 0 bridgehead atoms. The minimum atomic E-state index is 0.644. The molecule has 1 fully saturated rings. The van der Waals surface area contributed by atoms with E-state index in [0.717, 1.165) is 51.6 Å². The summed E-state index contributed by atoms with van der Waals surface area (Å²) in [6.45, 7) is 5.05. The van der Waals surface area contributed by atoms with Gasteiger partial charge >= 0.3 is 0 Å². The second-order valence-corrected chi connectivity index (χ2v) is 5.28. The number of thiocarbonyl (C=S) groups is 1. The zero-order valence-corrected chi connectivity index (χ0v) is 13.2. The molecule has 2 N–H and O–H groups in total.